The van der Waals surface area contributed by atoms with E-state index in [-0.39, 0.29) is 5.91 Å². The Kier molecular flexibility index (Phi) is 5.60. The van der Waals surface area contributed by atoms with E-state index >= 15 is 0 Å². The number of carbonyl (C=O) groups is 1. The Balaban J connectivity index is 1.92. The highest BCUT2D eigenvalue weighted by atomic mass is 16.1. The summed E-state index contributed by atoms with van der Waals surface area (Å²) in [7, 11) is 0. The van der Waals surface area contributed by atoms with Crippen molar-refractivity contribution in [3.05, 3.63) is 35.9 Å². The Morgan fingerprint density at radius 3 is 2.50 bits per heavy atom. The van der Waals surface area contributed by atoms with Crippen LogP contribution in [-0.4, -0.2) is 25.0 Å². The Morgan fingerprint density at radius 2 is 1.90 bits per heavy atom. The summed E-state index contributed by atoms with van der Waals surface area (Å²) in [5.74, 6) is 0.966. The first-order chi connectivity index (χ1) is 9.66. The fraction of sp³-hybridized carbons (Fsp3) is 0.588. The van der Waals surface area contributed by atoms with Crippen LogP contribution in [0.15, 0.2) is 30.3 Å². The summed E-state index contributed by atoms with van der Waals surface area (Å²) in [6, 6.07) is 10.7. The molecule has 1 atom stereocenters. The lowest BCUT2D eigenvalue weighted by Gasteiger charge is -2.26. The van der Waals surface area contributed by atoms with E-state index in [1.165, 1.54) is 5.56 Å². The van der Waals surface area contributed by atoms with E-state index in [4.69, 9.17) is 0 Å². The van der Waals surface area contributed by atoms with Crippen molar-refractivity contribution in [3.63, 3.8) is 0 Å². The molecule has 2 N–H and O–H groups in total. The fourth-order valence-corrected chi connectivity index (χ4v) is 2.89. The number of hydrogen-bond acceptors (Lipinski definition) is 2. The van der Waals surface area contributed by atoms with Crippen molar-refractivity contribution in [2.24, 2.45) is 5.92 Å². The van der Waals surface area contributed by atoms with E-state index in [2.05, 4.69) is 48.7 Å². The molecule has 1 heterocycles. The van der Waals surface area contributed by atoms with Gasteiger partial charge in [-0.15, -0.1) is 0 Å². The third-order valence-corrected chi connectivity index (χ3v) is 4.14. The Hall–Kier alpha value is -1.35. The van der Waals surface area contributed by atoms with Crippen LogP contribution in [0.3, 0.4) is 0 Å². The van der Waals surface area contributed by atoms with Crippen LogP contribution < -0.4 is 10.6 Å². The van der Waals surface area contributed by atoms with Gasteiger partial charge in [0.15, 0.2) is 0 Å². The van der Waals surface area contributed by atoms with E-state index in [1.54, 1.807) is 0 Å². The summed E-state index contributed by atoms with van der Waals surface area (Å²) >= 11 is 0. The summed E-state index contributed by atoms with van der Waals surface area (Å²) in [5.41, 5.74) is 1.27. The molecule has 1 aliphatic heterocycles. The lowest BCUT2D eigenvalue weighted by molar-refractivity contribution is -0.122. The Morgan fingerprint density at radius 1 is 1.25 bits per heavy atom. The van der Waals surface area contributed by atoms with Gasteiger partial charge in [0, 0.05) is 12.5 Å². The molecule has 110 valence electrons. The molecule has 0 saturated carbocycles. The SMILES string of the molecule is CC(C)C(CC(=O)NC1CCNCC1)c1ccccc1. The number of piperidine rings is 1. The minimum Gasteiger partial charge on any atom is -0.353 e. The topological polar surface area (TPSA) is 41.1 Å². The molecule has 3 heteroatoms. The van der Waals surface area contributed by atoms with Crippen molar-refractivity contribution in [1.82, 2.24) is 10.6 Å². The van der Waals surface area contributed by atoms with Crippen molar-refractivity contribution in [3.8, 4) is 0 Å². The second kappa shape index (κ2) is 7.44. The zero-order valence-electron chi connectivity index (χ0n) is 12.6. The minimum atomic E-state index is 0.194. The standard InChI is InChI=1S/C17H26N2O/c1-13(2)16(14-6-4-3-5-7-14)12-17(20)19-15-8-10-18-11-9-15/h3-7,13,15-16,18H,8-12H2,1-2H3,(H,19,20). The average Bonchev–Trinajstić information content (AvgIpc) is 2.46. The minimum absolute atomic E-state index is 0.194. The summed E-state index contributed by atoms with van der Waals surface area (Å²) in [4.78, 5) is 12.3. The highest BCUT2D eigenvalue weighted by Gasteiger charge is 2.21. The van der Waals surface area contributed by atoms with Crippen LogP contribution in [0.25, 0.3) is 0 Å². The van der Waals surface area contributed by atoms with Gasteiger partial charge in [-0.2, -0.15) is 0 Å². The summed E-state index contributed by atoms with van der Waals surface area (Å²) in [5, 5.41) is 6.52. The molecule has 1 saturated heterocycles. The van der Waals surface area contributed by atoms with Crippen LogP contribution in [0, 0.1) is 5.92 Å². The van der Waals surface area contributed by atoms with Gasteiger partial charge in [0.2, 0.25) is 5.91 Å². The predicted octanol–water partition coefficient (Wildman–Crippen LogP) is 2.68. The van der Waals surface area contributed by atoms with Crippen LogP contribution >= 0.6 is 0 Å². The van der Waals surface area contributed by atoms with E-state index in [1.807, 2.05) is 6.07 Å². The van der Waals surface area contributed by atoms with Gasteiger partial charge < -0.3 is 10.6 Å². The molecule has 1 unspecified atom stereocenters. The Bertz CT molecular complexity index is 410. The molecule has 3 nitrogen and oxygen atoms in total. The summed E-state index contributed by atoms with van der Waals surface area (Å²) in [6.07, 6.45) is 2.68. The van der Waals surface area contributed by atoms with Gasteiger partial charge in [0.05, 0.1) is 0 Å². The van der Waals surface area contributed by atoms with Crippen LogP contribution in [0.2, 0.25) is 0 Å². The molecular formula is C17H26N2O. The molecular weight excluding hydrogens is 248 g/mol. The number of carbonyl (C=O) groups excluding carboxylic acids is 1. The molecule has 1 aliphatic rings. The van der Waals surface area contributed by atoms with E-state index < -0.39 is 0 Å². The normalized spacial score (nSPS) is 17.9. The van der Waals surface area contributed by atoms with Crippen LogP contribution in [0.4, 0.5) is 0 Å². The maximum absolute atomic E-state index is 12.3. The zero-order valence-corrected chi connectivity index (χ0v) is 12.6. The van der Waals surface area contributed by atoms with Crippen molar-refractivity contribution in [2.45, 2.75) is 45.1 Å². The molecule has 0 aliphatic carbocycles. The first-order valence-electron chi connectivity index (χ1n) is 7.72. The first-order valence-corrected chi connectivity index (χ1v) is 7.72. The molecule has 0 spiro atoms. The first kappa shape index (κ1) is 15.0. The summed E-state index contributed by atoms with van der Waals surface area (Å²) in [6.45, 7) is 6.40. The second-order valence-electron chi connectivity index (χ2n) is 6.06. The third kappa shape index (κ3) is 4.34. The number of nitrogens with one attached hydrogen (secondary N) is 2. The fourth-order valence-electron chi connectivity index (χ4n) is 2.89. The van der Waals surface area contributed by atoms with Crippen molar-refractivity contribution in [1.29, 1.82) is 0 Å². The van der Waals surface area contributed by atoms with Gasteiger partial charge in [0.1, 0.15) is 0 Å². The molecule has 0 radical (unpaired) electrons. The van der Waals surface area contributed by atoms with Gasteiger partial charge in [-0.3, -0.25) is 4.79 Å². The zero-order chi connectivity index (χ0) is 14.4. The highest BCUT2D eigenvalue weighted by Crippen LogP contribution is 2.27. The quantitative estimate of drug-likeness (QED) is 0.867. The highest BCUT2D eigenvalue weighted by molar-refractivity contribution is 5.77. The number of rotatable bonds is 5. The molecule has 1 fully saturated rings. The Labute approximate surface area is 122 Å². The predicted molar refractivity (Wildman–Crippen MR) is 82.7 cm³/mol. The molecule has 1 amide bonds. The second-order valence-corrected chi connectivity index (χ2v) is 6.06. The summed E-state index contributed by atoms with van der Waals surface area (Å²) < 4.78 is 0. The van der Waals surface area contributed by atoms with Gasteiger partial charge >= 0.3 is 0 Å². The molecule has 0 aromatic heterocycles. The third-order valence-electron chi connectivity index (χ3n) is 4.14. The lowest BCUT2D eigenvalue weighted by Crippen LogP contribution is -2.43. The smallest absolute Gasteiger partial charge is 0.220 e. The largest absolute Gasteiger partial charge is 0.353 e. The van der Waals surface area contributed by atoms with Crippen LogP contribution in [0.5, 0.6) is 0 Å². The van der Waals surface area contributed by atoms with E-state index in [0.29, 0.717) is 24.3 Å². The maximum Gasteiger partial charge on any atom is 0.220 e. The average molecular weight is 274 g/mol. The van der Waals surface area contributed by atoms with E-state index in [9.17, 15) is 4.79 Å². The van der Waals surface area contributed by atoms with Gasteiger partial charge in [-0.1, -0.05) is 44.2 Å². The molecule has 2 rings (SSSR count). The maximum atomic E-state index is 12.3. The van der Waals surface area contributed by atoms with Crippen LogP contribution in [0.1, 0.15) is 44.6 Å². The molecule has 20 heavy (non-hydrogen) atoms. The van der Waals surface area contributed by atoms with Crippen molar-refractivity contribution >= 4 is 5.91 Å². The molecule has 1 aromatic rings. The van der Waals surface area contributed by atoms with Crippen LogP contribution in [-0.2, 0) is 4.79 Å². The van der Waals surface area contributed by atoms with Gasteiger partial charge in [-0.25, -0.2) is 0 Å². The van der Waals surface area contributed by atoms with Gasteiger partial charge in [-0.05, 0) is 43.3 Å². The monoisotopic (exact) mass is 274 g/mol. The number of benzene rings is 1. The number of hydrogen-bond donors (Lipinski definition) is 2. The van der Waals surface area contributed by atoms with Gasteiger partial charge in [0.25, 0.3) is 0 Å². The molecule has 0 bridgehead atoms. The number of amides is 1. The lowest BCUT2D eigenvalue weighted by atomic mass is 9.85. The van der Waals surface area contributed by atoms with Crippen molar-refractivity contribution in [2.75, 3.05) is 13.1 Å². The van der Waals surface area contributed by atoms with Crippen molar-refractivity contribution < 1.29 is 4.79 Å². The molecule has 1 aromatic carbocycles. The van der Waals surface area contributed by atoms with E-state index in [0.717, 1.165) is 25.9 Å².